The van der Waals surface area contributed by atoms with Crippen LogP contribution in [0.3, 0.4) is 0 Å². The summed E-state index contributed by atoms with van der Waals surface area (Å²) in [6.07, 6.45) is 1.76. The maximum atomic E-state index is 13.0. The number of aromatic amines is 1. The van der Waals surface area contributed by atoms with Gasteiger partial charge < -0.3 is 20.3 Å². The van der Waals surface area contributed by atoms with Gasteiger partial charge in [0.1, 0.15) is 6.04 Å². The van der Waals surface area contributed by atoms with E-state index in [0.29, 0.717) is 5.39 Å². The Kier molecular flexibility index (Phi) is 6.77. The zero-order valence-electron chi connectivity index (χ0n) is 19.3. The van der Waals surface area contributed by atoms with E-state index in [1.165, 1.54) is 6.07 Å². The van der Waals surface area contributed by atoms with Gasteiger partial charge in [-0.1, -0.05) is 42.5 Å². The minimum absolute atomic E-state index is 0.0417. The van der Waals surface area contributed by atoms with Gasteiger partial charge >= 0.3 is 5.97 Å². The molecule has 1 atom stereocenters. The van der Waals surface area contributed by atoms with Gasteiger partial charge in [0.05, 0.1) is 11.4 Å². The molecule has 0 aliphatic rings. The number of hydrogen-bond acceptors (Lipinski definition) is 5. The Morgan fingerprint density at radius 1 is 0.971 bits per heavy atom. The zero-order valence-corrected chi connectivity index (χ0v) is 20.1. The van der Waals surface area contributed by atoms with E-state index < -0.39 is 34.5 Å². The number of nitrogens with zero attached hydrogens (tertiary/aromatic N) is 1. The normalized spacial score (nSPS) is 12.5. The number of sulfonamides is 1. The van der Waals surface area contributed by atoms with Crippen molar-refractivity contribution in [1.29, 1.82) is 0 Å². The molecule has 4 N–H and O–H groups in total. The number of para-hydroxylation sites is 1. The lowest BCUT2D eigenvalue weighted by Crippen LogP contribution is -2.46. The van der Waals surface area contributed by atoms with Crippen molar-refractivity contribution in [1.82, 2.24) is 15.0 Å². The molecule has 0 spiro atoms. The molecule has 0 unspecified atom stereocenters. The van der Waals surface area contributed by atoms with Gasteiger partial charge in [-0.3, -0.25) is 4.79 Å². The number of nitrogens with one attached hydrogen (secondary N) is 3. The summed E-state index contributed by atoms with van der Waals surface area (Å²) in [7, 11) is -0.303. The Bertz CT molecular complexity index is 1510. The number of amides is 1. The molecule has 0 bridgehead atoms. The van der Waals surface area contributed by atoms with Gasteiger partial charge in [-0.05, 0) is 23.8 Å². The summed E-state index contributed by atoms with van der Waals surface area (Å²) in [6, 6.07) is 16.5. The largest absolute Gasteiger partial charge is 0.480 e. The number of H-pyrrole nitrogens is 1. The lowest BCUT2D eigenvalue weighted by atomic mass is 10.1. The number of aliphatic carboxylic acids is 1. The van der Waals surface area contributed by atoms with Crippen LogP contribution in [0, 0.1) is 0 Å². The van der Waals surface area contributed by atoms with Crippen LogP contribution in [0.5, 0.6) is 0 Å². The number of hydrogen-bond donors (Lipinski definition) is 4. The minimum Gasteiger partial charge on any atom is -0.480 e. The maximum Gasteiger partial charge on any atom is 0.326 e. The van der Waals surface area contributed by atoms with E-state index in [1.807, 2.05) is 55.4 Å². The highest BCUT2D eigenvalue weighted by molar-refractivity contribution is 7.89. The van der Waals surface area contributed by atoms with Gasteiger partial charge in [0.2, 0.25) is 15.9 Å². The summed E-state index contributed by atoms with van der Waals surface area (Å²) in [6.45, 7) is -0.593. The van der Waals surface area contributed by atoms with Crippen LogP contribution in [0.1, 0.15) is 5.56 Å². The summed E-state index contributed by atoms with van der Waals surface area (Å²) in [5.74, 6) is -1.95. The van der Waals surface area contributed by atoms with Crippen LogP contribution < -0.4 is 14.9 Å². The Morgan fingerprint density at radius 3 is 2.40 bits per heavy atom. The van der Waals surface area contributed by atoms with Gasteiger partial charge in [0.25, 0.3) is 0 Å². The predicted octanol–water partition coefficient (Wildman–Crippen LogP) is 2.48. The average Bonchev–Trinajstić information content (AvgIpc) is 3.24. The van der Waals surface area contributed by atoms with Crippen molar-refractivity contribution in [2.75, 3.05) is 25.5 Å². The standard InChI is InChI=1S/C25H26N4O5S/c1-29(2)22-11-5-9-19-18(22)8-6-12-23(19)35(33,34)27-15-24(30)28-21(25(31)32)13-16-14-26-20-10-4-3-7-17(16)20/h3-12,14,21,26-27H,13,15H2,1-2H3,(H,28,30)(H,31,32)/t21-/m1/s1. The first-order valence-electron chi connectivity index (χ1n) is 10.9. The van der Waals surface area contributed by atoms with E-state index >= 15 is 0 Å². The number of rotatable bonds is 9. The summed E-state index contributed by atoms with van der Waals surface area (Å²) < 4.78 is 28.4. The molecule has 0 aliphatic heterocycles. The first-order chi connectivity index (χ1) is 16.7. The van der Waals surface area contributed by atoms with E-state index in [0.717, 1.165) is 27.5 Å². The number of benzene rings is 3. The molecule has 0 radical (unpaired) electrons. The molecule has 3 aromatic carbocycles. The Balaban J connectivity index is 1.48. The number of carboxylic acids is 1. The van der Waals surface area contributed by atoms with Crippen molar-refractivity contribution < 1.29 is 23.1 Å². The molecule has 0 aliphatic carbocycles. The second-order valence-electron chi connectivity index (χ2n) is 8.37. The van der Waals surface area contributed by atoms with Crippen LogP contribution in [-0.2, 0) is 26.0 Å². The number of anilines is 1. The van der Waals surface area contributed by atoms with Crippen molar-refractivity contribution >= 4 is 49.3 Å². The van der Waals surface area contributed by atoms with E-state index in [-0.39, 0.29) is 11.3 Å². The second kappa shape index (κ2) is 9.77. The molecular formula is C25H26N4O5S. The highest BCUT2D eigenvalue weighted by Gasteiger charge is 2.24. The summed E-state index contributed by atoms with van der Waals surface area (Å²) in [5, 5.41) is 14.2. The maximum absolute atomic E-state index is 13.0. The molecule has 182 valence electrons. The minimum atomic E-state index is -4.04. The first-order valence-corrected chi connectivity index (χ1v) is 12.4. The third-order valence-corrected chi connectivity index (χ3v) is 7.24. The number of carbonyl (C=O) groups excluding carboxylic acids is 1. The molecular weight excluding hydrogens is 468 g/mol. The van der Waals surface area contributed by atoms with E-state index in [4.69, 9.17) is 0 Å². The summed E-state index contributed by atoms with van der Waals surface area (Å²) in [5.41, 5.74) is 2.46. The third-order valence-electron chi connectivity index (χ3n) is 5.79. The molecule has 9 nitrogen and oxygen atoms in total. The molecule has 4 rings (SSSR count). The molecule has 1 heterocycles. The van der Waals surface area contributed by atoms with Crippen LogP contribution in [-0.4, -0.2) is 57.1 Å². The van der Waals surface area contributed by atoms with Gasteiger partial charge in [-0.25, -0.2) is 17.9 Å². The Hall–Kier alpha value is -3.89. The lowest BCUT2D eigenvalue weighted by molar-refractivity contribution is -0.141. The first kappa shape index (κ1) is 24.2. The lowest BCUT2D eigenvalue weighted by Gasteiger charge is -2.17. The Morgan fingerprint density at radius 2 is 1.66 bits per heavy atom. The number of fused-ring (bicyclic) bond motifs is 2. The van der Waals surface area contributed by atoms with Crippen LogP contribution in [0.2, 0.25) is 0 Å². The summed E-state index contributed by atoms with van der Waals surface area (Å²) >= 11 is 0. The molecule has 1 amide bonds. The second-order valence-corrected chi connectivity index (χ2v) is 10.1. The quantitative estimate of drug-likeness (QED) is 0.283. The van der Waals surface area contributed by atoms with Gasteiger partial charge in [0.15, 0.2) is 0 Å². The Labute approximate surface area is 202 Å². The van der Waals surface area contributed by atoms with E-state index in [2.05, 4.69) is 15.0 Å². The van der Waals surface area contributed by atoms with Crippen LogP contribution in [0.25, 0.3) is 21.7 Å². The molecule has 1 aromatic heterocycles. The zero-order chi connectivity index (χ0) is 25.2. The predicted molar refractivity (Wildman–Crippen MR) is 135 cm³/mol. The van der Waals surface area contributed by atoms with Gasteiger partial charge in [-0.2, -0.15) is 0 Å². The van der Waals surface area contributed by atoms with Crippen molar-refractivity contribution in [2.45, 2.75) is 17.4 Å². The van der Waals surface area contributed by atoms with Crippen LogP contribution in [0.4, 0.5) is 5.69 Å². The van der Waals surface area contributed by atoms with E-state index in [1.54, 1.807) is 24.4 Å². The fourth-order valence-corrected chi connectivity index (χ4v) is 5.29. The fourth-order valence-electron chi connectivity index (χ4n) is 4.09. The smallest absolute Gasteiger partial charge is 0.326 e. The molecule has 10 heteroatoms. The van der Waals surface area contributed by atoms with E-state index in [9.17, 15) is 23.1 Å². The third kappa shape index (κ3) is 5.13. The molecule has 0 saturated carbocycles. The van der Waals surface area contributed by atoms with Crippen molar-refractivity contribution in [3.8, 4) is 0 Å². The molecule has 0 fully saturated rings. The SMILES string of the molecule is CN(C)c1cccc2c(S(=O)(=O)NCC(=O)N[C@H](Cc3c[nH]c4ccccc34)C(=O)O)cccc12. The van der Waals surface area contributed by atoms with Crippen LogP contribution in [0.15, 0.2) is 71.8 Å². The molecule has 4 aromatic rings. The molecule has 0 saturated heterocycles. The highest BCUT2D eigenvalue weighted by atomic mass is 32.2. The monoisotopic (exact) mass is 494 g/mol. The summed E-state index contributed by atoms with van der Waals surface area (Å²) in [4.78, 5) is 29.3. The van der Waals surface area contributed by atoms with Gasteiger partial charge in [-0.15, -0.1) is 0 Å². The van der Waals surface area contributed by atoms with Gasteiger partial charge in [0, 0.05) is 54.1 Å². The highest BCUT2D eigenvalue weighted by Crippen LogP contribution is 2.30. The topological polar surface area (TPSA) is 132 Å². The number of carboxylic acid groups (broad SMARTS) is 1. The number of aromatic nitrogens is 1. The van der Waals surface area contributed by atoms with Crippen LogP contribution >= 0.6 is 0 Å². The average molecular weight is 495 g/mol. The van der Waals surface area contributed by atoms with Crippen molar-refractivity contribution in [3.63, 3.8) is 0 Å². The van der Waals surface area contributed by atoms with Crippen molar-refractivity contribution in [3.05, 3.63) is 72.4 Å². The number of carbonyl (C=O) groups is 2. The van der Waals surface area contributed by atoms with Crippen molar-refractivity contribution in [2.24, 2.45) is 0 Å². The fraction of sp³-hybridized carbons (Fsp3) is 0.200. The molecule has 35 heavy (non-hydrogen) atoms.